The molecule has 1 heterocycles. The molecule has 2 amide bonds. The third-order valence-electron chi connectivity index (χ3n) is 5.95. The predicted octanol–water partition coefficient (Wildman–Crippen LogP) is 3.78. The zero-order valence-electron chi connectivity index (χ0n) is 18.3. The highest BCUT2D eigenvalue weighted by atomic mass is 16.5. The van der Waals surface area contributed by atoms with E-state index in [9.17, 15) is 9.59 Å². The number of imidazole rings is 1. The monoisotopic (exact) mass is 432 g/mol. The Hall–Kier alpha value is -3.45. The van der Waals surface area contributed by atoms with Crippen LogP contribution in [0.5, 0.6) is 0 Å². The van der Waals surface area contributed by atoms with Crippen LogP contribution in [0.2, 0.25) is 0 Å². The van der Waals surface area contributed by atoms with Crippen molar-refractivity contribution in [1.82, 2.24) is 20.3 Å². The fourth-order valence-corrected chi connectivity index (χ4v) is 4.24. The van der Waals surface area contributed by atoms with E-state index in [4.69, 9.17) is 10.2 Å². The number of nitrogens with one attached hydrogen (secondary N) is 2. The van der Waals surface area contributed by atoms with Crippen molar-refractivity contribution in [3.05, 3.63) is 77.6 Å². The summed E-state index contributed by atoms with van der Waals surface area (Å²) in [5.74, 6) is 0.122. The van der Waals surface area contributed by atoms with Gasteiger partial charge in [0.05, 0.1) is 17.0 Å². The minimum absolute atomic E-state index is 0.233. The van der Waals surface area contributed by atoms with Crippen molar-refractivity contribution < 1.29 is 14.8 Å². The number of carbonyl (C=O) groups is 2. The number of hydrogen-bond acceptors (Lipinski definition) is 4. The van der Waals surface area contributed by atoms with Crippen LogP contribution in [0.4, 0.5) is 0 Å². The second-order valence-electron chi connectivity index (χ2n) is 8.50. The molecular formula is C25H28N4O3. The molecule has 3 aromatic rings. The SMILES string of the molecule is CC(C)c1nc2ccccc2n1Cc1ccc(C(=O)N[C@@H]2CC=CC[C@H]2C(=O)NO)cc1. The van der Waals surface area contributed by atoms with E-state index in [1.54, 1.807) is 17.6 Å². The van der Waals surface area contributed by atoms with E-state index in [1.165, 1.54) is 0 Å². The number of para-hydroxylation sites is 2. The molecule has 0 spiro atoms. The van der Waals surface area contributed by atoms with Gasteiger partial charge in [-0.15, -0.1) is 0 Å². The first-order chi connectivity index (χ1) is 15.5. The molecule has 0 radical (unpaired) electrons. The van der Waals surface area contributed by atoms with E-state index < -0.39 is 11.8 Å². The zero-order chi connectivity index (χ0) is 22.7. The van der Waals surface area contributed by atoms with Gasteiger partial charge in [-0.05, 0) is 42.7 Å². The minimum atomic E-state index is -0.489. The van der Waals surface area contributed by atoms with Gasteiger partial charge in [0, 0.05) is 24.1 Å². The lowest BCUT2D eigenvalue weighted by atomic mass is 9.88. The number of aromatic nitrogens is 2. The summed E-state index contributed by atoms with van der Waals surface area (Å²) in [7, 11) is 0. The van der Waals surface area contributed by atoms with Crippen LogP contribution in [-0.4, -0.2) is 32.6 Å². The lowest BCUT2D eigenvalue weighted by Gasteiger charge is -2.27. The first-order valence-corrected chi connectivity index (χ1v) is 10.9. The molecule has 0 saturated carbocycles. The van der Waals surface area contributed by atoms with Crippen LogP contribution in [0.15, 0.2) is 60.7 Å². The maximum Gasteiger partial charge on any atom is 0.251 e. The zero-order valence-corrected chi connectivity index (χ0v) is 18.3. The van der Waals surface area contributed by atoms with E-state index in [2.05, 4.69) is 29.8 Å². The number of amides is 2. The molecule has 4 rings (SSSR count). The second-order valence-corrected chi connectivity index (χ2v) is 8.50. The second kappa shape index (κ2) is 9.36. The van der Waals surface area contributed by atoms with Crippen LogP contribution >= 0.6 is 0 Å². The van der Waals surface area contributed by atoms with Crippen molar-refractivity contribution in [1.29, 1.82) is 0 Å². The summed E-state index contributed by atoms with van der Waals surface area (Å²) in [6.45, 7) is 4.94. The van der Waals surface area contributed by atoms with Crippen molar-refractivity contribution in [2.75, 3.05) is 0 Å². The number of hydroxylamine groups is 1. The Morgan fingerprint density at radius 2 is 1.81 bits per heavy atom. The first-order valence-electron chi connectivity index (χ1n) is 10.9. The van der Waals surface area contributed by atoms with Gasteiger partial charge in [-0.2, -0.15) is 0 Å². The van der Waals surface area contributed by atoms with Crippen LogP contribution in [0.3, 0.4) is 0 Å². The maximum absolute atomic E-state index is 12.8. The lowest BCUT2D eigenvalue weighted by molar-refractivity contribution is -0.134. The molecule has 166 valence electrons. The topological polar surface area (TPSA) is 96.2 Å². The van der Waals surface area contributed by atoms with Gasteiger partial charge in [0.25, 0.3) is 5.91 Å². The summed E-state index contributed by atoms with van der Waals surface area (Å²) in [4.78, 5) is 29.5. The number of fused-ring (bicyclic) bond motifs is 1. The summed E-state index contributed by atoms with van der Waals surface area (Å²) in [6.07, 6.45) is 4.86. The van der Waals surface area contributed by atoms with Gasteiger partial charge < -0.3 is 9.88 Å². The third kappa shape index (κ3) is 4.43. The molecule has 0 aliphatic heterocycles. The number of nitrogens with zero attached hydrogens (tertiary/aromatic N) is 2. The molecule has 0 bridgehead atoms. The molecule has 1 aromatic heterocycles. The molecule has 32 heavy (non-hydrogen) atoms. The molecule has 2 atom stereocenters. The normalized spacial score (nSPS) is 18.1. The van der Waals surface area contributed by atoms with E-state index in [0.29, 0.717) is 30.9 Å². The quantitative estimate of drug-likeness (QED) is 0.314. The Kier molecular flexibility index (Phi) is 6.37. The summed E-state index contributed by atoms with van der Waals surface area (Å²) in [5.41, 5.74) is 5.38. The Morgan fingerprint density at radius 1 is 1.09 bits per heavy atom. The van der Waals surface area contributed by atoms with Crippen LogP contribution in [0.1, 0.15) is 54.4 Å². The molecule has 1 aliphatic carbocycles. The van der Waals surface area contributed by atoms with E-state index in [1.807, 2.05) is 42.5 Å². The molecule has 0 saturated heterocycles. The average molecular weight is 433 g/mol. The van der Waals surface area contributed by atoms with Gasteiger partial charge in [0.15, 0.2) is 0 Å². The molecule has 0 unspecified atom stereocenters. The fourth-order valence-electron chi connectivity index (χ4n) is 4.24. The summed E-state index contributed by atoms with van der Waals surface area (Å²) in [5, 5.41) is 11.9. The molecule has 0 fully saturated rings. The summed E-state index contributed by atoms with van der Waals surface area (Å²) in [6, 6.07) is 15.3. The number of rotatable bonds is 6. The fraction of sp³-hybridized carbons (Fsp3) is 0.320. The van der Waals surface area contributed by atoms with Crippen molar-refractivity contribution in [2.24, 2.45) is 5.92 Å². The summed E-state index contributed by atoms with van der Waals surface area (Å²) >= 11 is 0. The number of hydrogen-bond donors (Lipinski definition) is 3. The average Bonchev–Trinajstić information content (AvgIpc) is 3.18. The largest absolute Gasteiger partial charge is 0.348 e. The van der Waals surface area contributed by atoms with Crippen molar-refractivity contribution >= 4 is 22.8 Å². The Bertz CT molecular complexity index is 1150. The Balaban J connectivity index is 1.50. The molecular weight excluding hydrogens is 404 g/mol. The van der Waals surface area contributed by atoms with Gasteiger partial charge in [-0.25, -0.2) is 10.5 Å². The van der Waals surface area contributed by atoms with Crippen molar-refractivity contribution in [3.63, 3.8) is 0 Å². The highest BCUT2D eigenvalue weighted by Crippen LogP contribution is 2.24. The van der Waals surface area contributed by atoms with Gasteiger partial charge in [-0.1, -0.05) is 50.3 Å². The standard InChI is InChI=1S/C25H28N4O3/c1-16(2)23-26-21-9-5-6-10-22(21)29(23)15-17-11-13-18(14-12-17)24(30)27-20-8-4-3-7-19(20)25(31)28-32/h3-6,9-14,16,19-20,32H,7-8,15H2,1-2H3,(H,27,30)(H,28,31)/t19-,20-/m1/s1. The van der Waals surface area contributed by atoms with Crippen molar-refractivity contribution in [3.8, 4) is 0 Å². The summed E-state index contributed by atoms with van der Waals surface area (Å²) < 4.78 is 2.22. The van der Waals surface area contributed by atoms with Crippen molar-refractivity contribution in [2.45, 2.75) is 45.2 Å². The molecule has 7 nitrogen and oxygen atoms in total. The predicted molar refractivity (Wildman–Crippen MR) is 122 cm³/mol. The first kappa shape index (κ1) is 21.8. The van der Waals surface area contributed by atoms with Gasteiger partial charge in [-0.3, -0.25) is 14.8 Å². The highest BCUT2D eigenvalue weighted by Gasteiger charge is 2.30. The van der Waals surface area contributed by atoms with Gasteiger partial charge in [0.1, 0.15) is 5.82 Å². The van der Waals surface area contributed by atoms with Crippen LogP contribution in [0.25, 0.3) is 11.0 Å². The van der Waals surface area contributed by atoms with Gasteiger partial charge >= 0.3 is 0 Å². The number of allylic oxidation sites excluding steroid dienone is 1. The molecule has 7 heteroatoms. The molecule has 3 N–H and O–H groups in total. The van der Waals surface area contributed by atoms with Gasteiger partial charge in [0.2, 0.25) is 5.91 Å². The number of benzene rings is 2. The Labute approximate surface area is 187 Å². The highest BCUT2D eigenvalue weighted by molar-refractivity contribution is 5.95. The maximum atomic E-state index is 12.8. The van der Waals surface area contributed by atoms with Crippen LogP contribution < -0.4 is 10.8 Å². The van der Waals surface area contributed by atoms with Crippen LogP contribution in [0, 0.1) is 5.92 Å². The van der Waals surface area contributed by atoms with E-state index in [-0.39, 0.29) is 11.9 Å². The smallest absolute Gasteiger partial charge is 0.251 e. The van der Waals surface area contributed by atoms with E-state index >= 15 is 0 Å². The third-order valence-corrected chi connectivity index (χ3v) is 5.95. The lowest BCUT2D eigenvalue weighted by Crippen LogP contribution is -2.47. The minimum Gasteiger partial charge on any atom is -0.348 e. The number of carbonyl (C=O) groups excluding carboxylic acids is 2. The van der Waals surface area contributed by atoms with Crippen LogP contribution in [-0.2, 0) is 11.3 Å². The Morgan fingerprint density at radius 3 is 2.53 bits per heavy atom. The molecule has 1 aliphatic rings. The van der Waals surface area contributed by atoms with E-state index in [0.717, 1.165) is 22.4 Å². The molecule has 2 aromatic carbocycles.